The van der Waals surface area contributed by atoms with Crippen molar-refractivity contribution in [3.63, 3.8) is 0 Å². The van der Waals surface area contributed by atoms with Crippen molar-refractivity contribution in [2.45, 2.75) is 11.8 Å². The molecule has 0 aliphatic carbocycles. The van der Waals surface area contributed by atoms with Gasteiger partial charge >= 0.3 is 0 Å². The maximum atomic E-state index is 12.3. The van der Waals surface area contributed by atoms with Gasteiger partial charge in [0.25, 0.3) is 5.91 Å². The van der Waals surface area contributed by atoms with Crippen molar-refractivity contribution in [3.05, 3.63) is 60.2 Å². The average molecular weight is 389 g/mol. The molecule has 0 aliphatic rings. The minimum absolute atomic E-state index is 0.117. The topological polar surface area (TPSA) is 86.8 Å². The Bertz CT molecular complexity index is 894. The van der Waals surface area contributed by atoms with Crippen LogP contribution < -0.4 is 10.2 Å². The molecule has 2 rings (SSSR count). The minimum atomic E-state index is -3.53. The SMILES string of the molecule is CC(=O)N(CCNC(=O)c1ccc(S(=O)(=O)N(C)C)cc1)c1ccccc1. The van der Waals surface area contributed by atoms with E-state index in [1.165, 1.54) is 45.3 Å². The summed E-state index contributed by atoms with van der Waals surface area (Å²) in [4.78, 5) is 25.8. The molecule has 8 heteroatoms. The number of anilines is 1. The Morgan fingerprint density at radius 3 is 2.07 bits per heavy atom. The van der Waals surface area contributed by atoms with Gasteiger partial charge < -0.3 is 10.2 Å². The Morgan fingerprint density at radius 2 is 1.56 bits per heavy atom. The number of hydrogen-bond acceptors (Lipinski definition) is 4. The summed E-state index contributed by atoms with van der Waals surface area (Å²) < 4.78 is 25.2. The van der Waals surface area contributed by atoms with Crippen molar-refractivity contribution in [2.24, 2.45) is 0 Å². The number of hydrogen-bond donors (Lipinski definition) is 1. The lowest BCUT2D eigenvalue weighted by Gasteiger charge is -2.21. The standard InChI is InChI=1S/C19H23N3O4S/c1-15(23)22(17-7-5-4-6-8-17)14-13-20-19(24)16-9-11-18(12-10-16)27(25,26)21(2)3/h4-12H,13-14H2,1-3H3,(H,20,24). The quantitative estimate of drug-likeness (QED) is 0.781. The molecule has 0 atom stereocenters. The normalized spacial score (nSPS) is 11.3. The molecule has 0 radical (unpaired) electrons. The second-order valence-corrected chi connectivity index (χ2v) is 8.23. The predicted molar refractivity (Wildman–Crippen MR) is 104 cm³/mol. The Labute approximate surface area is 159 Å². The van der Waals surface area contributed by atoms with E-state index in [0.29, 0.717) is 12.1 Å². The first kappa shape index (κ1) is 20.6. The van der Waals surface area contributed by atoms with Crippen LogP contribution >= 0.6 is 0 Å². The Balaban J connectivity index is 1.98. The molecule has 0 aromatic heterocycles. The summed E-state index contributed by atoms with van der Waals surface area (Å²) in [6, 6.07) is 14.9. The molecule has 0 bridgehead atoms. The molecule has 2 amide bonds. The van der Waals surface area contributed by atoms with Crippen molar-refractivity contribution < 1.29 is 18.0 Å². The van der Waals surface area contributed by atoms with Crippen LogP contribution in [-0.4, -0.2) is 51.7 Å². The molecule has 1 N–H and O–H groups in total. The van der Waals surface area contributed by atoms with E-state index in [1.54, 1.807) is 4.90 Å². The molecule has 0 fully saturated rings. The van der Waals surface area contributed by atoms with E-state index >= 15 is 0 Å². The van der Waals surface area contributed by atoms with Crippen LogP contribution in [0.4, 0.5) is 5.69 Å². The molecule has 0 heterocycles. The molecular formula is C19H23N3O4S. The number of rotatable bonds is 7. The molecule has 0 saturated carbocycles. The van der Waals surface area contributed by atoms with E-state index in [9.17, 15) is 18.0 Å². The first-order chi connectivity index (χ1) is 12.7. The fourth-order valence-electron chi connectivity index (χ4n) is 2.45. The number of nitrogens with one attached hydrogen (secondary N) is 1. The second-order valence-electron chi connectivity index (χ2n) is 6.07. The Kier molecular flexibility index (Phi) is 6.70. The Hall–Kier alpha value is -2.71. The number of carbonyl (C=O) groups is 2. The van der Waals surface area contributed by atoms with Gasteiger partial charge in [0, 0.05) is 45.4 Å². The van der Waals surface area contributed by atoms with Crippen molar-refractivity contribution in [1.29, 1.82) is 0 Å². The van der Waals surface area contributed by atoms with Gasteiger partial charge in [0.15, 0.2) is 0 Å². The third-order valence-electron chi connectivity index (χ3n) is 3.96. The molecule has 0 aliphatic heterocycles. The average Bonchev–Trinajstić information content (AvgIpc) is 2.65. The monoisotopic (exact) mass is 389 g/mol. The van der Waals surface area contributed by atoms with Gasteiger partial charge in [-0.25, -0.2) is 12.7 Å². The summed E-state index contributed by atoms with van der Waals surface area (Å²) in [5.74, 6) is -0.450. The molecular weight excluding hydrogens is 366 g/mol. The highest BCUT2D eigenvalue weighted by Gasteiger charge is 2.17. The zero-order valence-corrected chi connectivity index (χ0v) is 16.4. The van der Waals surface area contributed by atoms with Gasteiger partial charge in [0.05, 0.1) is 4.90 Å². The van der Waals surface area contributed by atoms with Crippen molar-refractivity contribution in [2.75, 3.05) is 32.1 Å². The van der Waals surface area contributed by atoms with Gasteiger partial charge in [-0.3, -0.25) is 9.59 Å². The van der Waals surface area contributed by atoms with Gasteiger partial charge in [-0.15, -0.1) is 0 Å². The molecule has 7 nitrogen and oxygen atoms in total. The van der Waals surface area contributed by atoms with Crippen molar-refractivity contribution in [3.8, 4) is 0 Å². The Morgan fingerprint density at radius 1 is 0.963 bits per heavy atom. The van der Waals surface area contributed by atoms with E-state index in [0.717, 1.165) is 9.99 Å². The number of amides is 2. The van der Waals surface area contributed by atoms with Gasteiger partial charge in [-0.2, -0.15) is 0 Å². The van der Waals surface area contributed by atoms with E-state index in [1.807, 2.05) is 30.3 Å². The molecule has 0 unspecified atom stereocenters. The largest absolute Gasteiger partial charge is 0.350 e. The van der Waals surface area contributed by atoms with Crippen LogP contribution in [0.2, 0.25) is 0 Å². The number of carbonyl (C=O) groups excluding carboxylic acids is 2. The summed E-state index contributed by atoms with van der Waals surface area (Å²) in [6.07, 6.45) is 0. The molecule has 2 aromatic rings. The summed E-state index contributed by atoms with van der Waals surface area (Å²) >= 11 is 0. The third-order valence-corrected chi connectivity index (χ3v) is 5.79. The van der Waals surface area contributed by atoms with Crippen LogP contribution in [0.25, 0.3) is 0 Å². The van der Waals surface area contributed by atoms with Crippen molar-refractivity contribution in [1.82, 2.24) is 9.62 Å². The fraction of sp³-hybridized carbons (Fsp3) is 0.263. The maximum absolute atomic E-state index is 12.3. The van der Waals surface area contributed by atoms with E-state index in [4.69, 9.17) is 0 Å². The number of sulfonamides is 1. The lowest BCUT2D eigenvalue weighted by Crippen LogP contribution is -2.37. The maximum Gasteiger partial charge on any atom is 0.251 e. The van der Waals surface area contributed by atoms with Gasteiger partial charge in [-0.1, -0.05) is 18.2 Å². The van der Waals surface area contributed by atoms with Crippen molar-refractivity contribution >= 4 is 27.5 Å². The lowest BCUT2D eigenvalue weighted by molar-refractivity contribution is -0.116. The van der Waals surface area contributed by atoms with Crippen LogP contribution in [0, 0.1) is 0 Å². The van der Waals surface area contributed by atoms with Crippen LogP contribution in [0.1, 0.15) is 17.3 Å². The fourth-order valence-corrected chi connectivity index (χ4v) is 3.35. The second kappa shape index (κ2) is 8.79. The number of para-hydroxylation sites is 1. The van der Waals surface area contributed by atoms with E-state index in [-0.39, 0.29) is 23.3 Å². The third kappa shape index (κ3) is 5.15. The van der Waals surface area contributed by atoms with Gasteiger partial charge in [-0.05, 0) is 36.4 Å². The van der Waals surface area contributed by atoms with E-state index in [2.05, 4.69) is 5.32 Å². The summed E-state index contributed by atoms with van der Waals surface area (Å²) in [7, 11) is -0.634. The van der Waals surface area contributed by atoms with Crippen LogP contribution in [0.5, 0.6) is 0 Å². The smallest absolute Gasteiger partial charge is 0.251 e. The highest BCUT2D eigenvalue weighted by Crippen LogP contribution is 2.14. The molecule has 0 saturated heterocycles. The molecule has 144 valence electrons. The van der Waals surface area contributed by atoms with Crippen LogP contribution in [-0.2, 0) is 14.8 Å². The molecule has 27 heavy (non-hydrogen) atoms. The van der Waals surface area contributed by atoms with Gasteiger partial charge in [0.2, 0.25) is 15.9 Å². The number of nitrogens with zero attached hydrogens (tertiary/aromatic N) is 2. The lowest BCUT2D eigenvalue weighted by atomic mass is 10.2. The summed E-state index contributed by atoms with van der Waals surface area (Å²) in [5.41, 5.74) is 1.11. The molecule has 2 aromatic carbocycles. The summed E-state index contributed by atoms with van der Waals surface area (Å²) in [5, 5.41) is 2.74. The van der Waals surface area contributed by atoms with Crippen LogP contribution in [0.15, 0.2) is 59.5 Å². The number of benzene rings is 2. The highest BCUT2D eigenvalue weighted by atomic mass is 32.2. The van der Waals surface area contributed by atoms with E-state index < -0.39 is 10.0 Å². The zero-order valence-electron chi connectivity index (χ0n) is 15.5. The first-order valence-corrected chi connectivity index (χ1v) is 9.81. The van der Waals surface area contributed by atoms with Gasteiger partial charge in [0.1, 0.15) is 0 Å². The first-order valence-electron chi connectivity index (χ1n) is 8.37. The minimum Gasteiger partial charge on any atom is -0.350 e. The highest BCUT2D eigenvalue weighted by molar-refractivity contribution is 7.89. The summed E-state index contributed by atoms with van der Waals surface area (Å²) in [6.45, 7) is 2.07. The van der Waals surface area contributed by atoms with Crippen LogP contribution in [0.3, 0.4) is 0 Å². The predicted octanol–water partition coefficient (Wildman–Crippen LogP) is 1.72. The zero-order chi connectivity index (χ0) is 20.0. The molecule has 0 spiro atoms.